The number of hydrogen-bond donors (Lipinski definition) is 1. The van der Waals surface area contributed by atoms with Gasteiger partial charge in [0, 0.05) is 12.6 Å². The third kappa shape index (κ3) is 3.81. The van der Waals surface area contributed by atoms with Gasteiger partial charge >= 0.3 is 0 Å². The maximum Gasteiger partial charge on any atom is 0.178 e. The van der Waals surface area contributed by atoms with E-state index in [1.54, 1.807) is 6.07 Å². The van der Waals surface area contributed by atoms with Gasteiger partial charge in [-0.2, -0.15) is 0 Å². The lowest BCUT2D eigenvalue weighted by Crippen LogP contribution is -1.98. The summed E-state index contributed by atoms with van der Waals surface area (Å²) in [6.45, 7) is 3.09. The molecule has 0 unspecified atom stereocenters. The highest BCUT2D eigenvalue weighted by Crippen LogP contribution is 2.21. The van der Waals surface area contributed by atoms with Crippen molar-refractivity contribution < 1.29 is 4.39 Å². The highest BCUT2D eigenvalue weighted by Gasteiger charge is 2.08. The number of aryl methyl sites for hydroxylation is 1. The van der Waals surface area contributed by atoms with E-state index in [2.05, 4.69) is 11.9 Å². The van der Waals surface area contributed by atoms with Crippen LogP contribution in [0.1, 0.15) is 45.4 Å². The van der Waals surface area contributed by atoms with Gasteiger partial charge in [-0.1, -0.05) is 39.0 Å². The standard InChI is InChI=1S/C15H20FIN2S/c1-2-3-4-5-6-7-8-19-14-9-11(16)12(17)10-13(14)18-15(19)20/h9-10H,2-8H2,1H3,(H,18,20). The summed E-state index contributed by atoms with van der Waals surface area (Å²) in [6.07, 6.45) is 7.47. The van der Waals surface area contributed by atoms with Gasteiger partial charge in [-0.3, -0.25) is 0 Å². The van der Waals surface area contributed by atoms with Gasteiger partial charge in [0.2, 0.25) is 0 Å². The number of rotatable bonds is 7. The Morgan fingerprint density at radius 2 is 1.90 bits per heavy atom. The number of aromatic nitrogens is 2. The number of H-pyrrole nitrogens is 1. The Morgan fingerprint density at radius 1 is 1.20 bits per heavy atom. The fourth-order valence-electron chi connectivity index (χ4n) is 2.42. The Labute approximate surface area is 137 Å². The largest absolute Gasteiger partial charge is 0.331 e. The zero-order chi connectivity index (χ0) is 14.5. The molecule has 0 spiro atoms. The van der Waals surface area contributed by atoms with Crippen molar-refractivity contribution in [2.24, 2.45) is 0 Å². The van der Waals surface area contributed by atoms with Gasteiger partial charge in [0.25, 0.3) is 0 Å². The zero-order valence-corrected chi connectivity index (χ0v) is 14.7. The van der Waals surface area contributed by atoms with Crippen LogP contribution < -0.4 is 0 Å². The van der Waals surface area contributed by atoms with Crippen molar-refractivity contribution >= 4 is 45.8 Å². The zero-order valence-electron chi connectivity index (χ0n) is 11.7. The first-order valence-corrected chi connectivity index (χ1v) is 8.69. The second-order valence-corrected chi connectivity index (χ2v) is 6.68. The summed E-state index contributed by atoms with van der Waals surface area (Å²) in [6, 6.07) is 3.40. The van der Waals surface area contributed by atoms with Crippen molar-refractivity contribution in [3.8, 4) is 0 Å². The number of hydrogen-bond acceptors (Lipinski definition) is 1. The highest BCUT2D eigenvalue weighted by molar-refractivity contribution is 14.1. The molecule has 0 fully saturated rings. The minimum absolute atomic E-state index is 0.177. The molecule has 2 rings (SSSR count). The number of aromatic amines is 1. The van der Waals surface area contributed by atoms with Crippen LogP contribution in [0, 0.1) is 14.2 Å². The summed E-state index contributed by atoms with van der Waals surface area (Å²) in [5.41, 5.74) is 1.80. The fraction of sp³-hybridized carbons (Fsp3) is 0.533. The van der Waals surface area contributed by atoms with Crippen molar-refractivity contribution in [2.75, 3.05) is 0 Å². The van der Waals surface area contributed by atoms with Crippen LogP contribution in [0.3, 0.4) is 0 Å². The number of fused-ring (bicyclic) bond motifs is 1. The highest BCUT2D eigenvalue weighted by atomic mass is 127. The molecule has 5 heteroatoms. The third-order valence-corrected chi connectivity index (χ3v) is 4.70. The Bertz CT molecular complexity index is 633. The molecule has 0 aliphatic rings. The van der Waals surface area contributed by atoms with E-state index in [0.29, 0.717) is 8.34 Å². The maximum absolute atomic E-state index is 13.7. The van der Waals surface area contributed by atoms with Crippen molar-refractivity contribution in [1.29, 1.82) is 0 Å². The van der Waals surface area contributed by atoms with Gasteiger partial charge in [-0.15, -0.1) is 0 Å². The molecule has 0 aliphatic heterocycles. The lowest BCUT2D eigenvalue weighted by atomic mass is 10.1. The van der Waals surface area contributed by atoms with Crippen LogP contribution in [0.15, 0.2) is 12.1 Å². The van der Waals surface area contributed by atoms with Gasteiger partial charge in [0.05, 0.1) is 14.6 Å². The minimum atomic E-state index is -0.177. The molecule has 0 bridgehead atoms. The summed E-state index contributed by atoms with van der Waals surface area (Å²) in [7, 11) is 0. The first-order valence-electron chi connectivity index (χ1n) is 7.21. The number of benzene rings is 1. The second-order valence-electron chi connectivity index (χ2n) is 5.13. The Kier molecular flexibility index (Phi) is 6.01. The Hall–Kier alpha value is -0.430. The number of nitrogens with one attached hydrogen (secondary N) is 1. The molecule has 1 heterocycles. The molecule has 2 nitrogen and oxygen atoms in total. The topological polar surface area (TPSA) is 20.7 Å². The predicted molar refractivity (Wildman–Crippen MR) is 93.2 cm³/mol. The van der Waals surface area contributed by atoms with Crippen LogP contribution in [0.2, 0.25) is 0 Å². The quantitative estimate of drug-likeness (QED) is 0.350. The van der Waals surface area contributed by atoms with Crippen LogP contribution >= 0.6 is 34.8 Å². The number of imidazole rings is 1. The number of unbranched alkanes of at least 4 members (excludes halogenated alkanes) is 5. The van der Waals surface area contributed by atoms with Crippen LogP contribution in [-0.2, 0) is 6.54 Å². The molecule has 0 saturated carbocycles. The summed E-state index contributed by atoms with van der Waals surface area (Å²) in [5.74, 6) is -0.177. The monoisotopic (exact) mass is 406 g/mol. The van der Waals surface area contributed by atoms with E-state index < -0.39 is 0 Å². The first-order chi connectivity index (χ1) is 9.63. The molecule has 1 aromatic heterocycles. The van der Waals surface area contributed by atoms with Crippen LogP contribution in [0.4, 0.5) is 4.39 Å². The Morgan fingerprint density at radius 3 is 2.65 bits per heavy atom. The predicted octanol–water partition coefficient (Wildman–Crippen LogP) is 5.80. The summed E-state index contributed by atoms with van der Waals surface area (Å²) >= 11 is 7.34. The Balaban J connectivity index is 2.04. The molecule has 0 radical (unpaired) electrons. The molecular formula is C15H20FIN2S. The SMILES string of the molecule is CCCCCCCCn1c(=S)[nH]c2cc(I)c(F)cc21. The van der Waals surface area contributed by atoms with E-state index in [1.807, 2.05) is 33.2 Å². The minimum Gasteiger partial charge on any atom is -0.331 e. The van der Waals surface area contributed by atoms with E-state index >= 15 is 0 Å². The lowest BCUT2D eigenvalue weighted by Gasteiger charge is -2.05. The molecule has 0 atom stereocenters. The van der Waals surface area contributed by atoms with E-state index in [4.69, 9.17) is 12.2 Å². The van der Waals surface area contributed by atoms with E-state index in [0.717, 1.165) is 24.0 Å². The van der Waals surface area contributed by atoms with Crippen molar-refractivity contribution in [3.63, 3.8) is 0 Å². The van der Waals surface area contributed by atoms with Crippen LogP contribution in [0.5, 0.6) is 0 Å². The second kappa shape index (κ2) is 7.54. The number of halogens is 2. The molecule has 110 valence electrons. The fourth-order valence-corrected chi connectivity index (χ4v) is 3.19. The molecule has 1 aromatic carbocycles. The summed E-state index contributed by atoms with van der Waals surface area (Å²) in [4.78, 5) is 3.16. The van der Waals surface area contributed by atoms with Gasteiger partial charge in [0.15, 0.2) is 4.77 Å². The van der Waals surface area contributed by atoms with Crippen molar-refractivity contribution in [1.82, 2.24) is 9.55 Å². The molecule has 20 heavy (non-hydrogen) atoms. The number of nitrogens with zero attached hydrogens (tertiary/aromatic N) is 1. The van der Waals surface area contributed by atoms with E-state index in [9.17, 15) is 4.39 Å². The van der Waals surface area contributed by atoms with Gasteiger partial charge in [-0.05, 0) is 47.3 Å². The van der Waals surface area contributed by atoms with Gasteiger partial charge < -0.3 is 9.55 Å². The smallest absolute Gasteiger partial charge is 0.178 e. The van der Waals surface area contributed by atoms with Crippen LogP contribution in [-0.4, -0.2) is 9.55 Å². The summed E-state index contributed by atoms with van der Waals surface area (Å²) in [5, 5.41) is 0. The molecular weight excluding hydrogens is 386 g/mol. The average Bonchev–Trinajstić information content (AvgIpc) is 2.70. The normalized spacial score (nSPS) is 11.3. The molecule has 0 saturated heterocycles. The molecule has 1 N–H and O–H groups in total. The van der Waals surface area contributed by atoms with Crippen LogP contribution in [0.25, 0.3) is 11.0 Å². The lowest BCUT2D eigenvalue weighted by molar-refractivity contribution is 0.560. The van der Waals surface area contributed by atoms with E-state index in [1.165, 1.54) is 32.1 Å². The first kappa shape index (κ1) is 15.9. The maximum atomic E-state index is 13.7. The summed E-state index contributed by atoms with van der Waals surface area (Å²) < 4.78 is 17.0. The molecule has 0 aliphatic carbocycles. The molecule has 2 aromatic rings. The third-order valence-electron chi connectivity index (χ3n) is 3.55. The molecule has 0 amide bonds. The van der Waals surface area contributed by atoms with Crippen molar-refractivity contribution in [2.45, 2.75) is 52.0 Å². The van der Waals surface area contributed by atoms with E-state index in [-0.39, 0.29) is 5.82 Å². The van der Waals surface area contributed by atoms with Crippen molar-refractivity contribution in [3.05, 3.63) is 26.3 Å². The van der Waals surface area contributed by atoms with Gasteiger partial charge in [0.1, 0.15) is 5.82 Å². The van der Waals surface area contributed by atoms with Gasteiger partial charge in [-0.25, -0.2) is 4.39 Å². The average molecular weight is 406 g/mol.